The van der Waals surface area contributed by atoms with Crippen LogP contribution in [0.1, 0.15) is 34.5 Å². The van der Waals surface area contributed by atoms with Gasteiger partial charge in [-0.15, -0.1) is 0 Å². The van der Waals surface area contributed by atoms with Gasteiger partial charge in [-0.05, 0) is 53.5 Å². The van der Waals surface area contributed by atoms with Crippen molar-refractivity contribution in [2.45, 2.75) is 19.9 Å². The van der Waals surface area contributed by atoms with Crippen LogP contribution in [-0.4, -0.2) is 5.91 Å². The Hall–Kier alpha value is -1.81. The maximum Gasteiger partial charge on any atom is 0.251 e. The summed E-state index contributed by atoms with van der Waals surface area (Å²) in [6, 6.07) is 13.3. The molecule has 20 heavy (non-hydrogen) atoms. The number of nitrogens with one attached hydrogen (secondary N) is 1. The molecule has 0 spiro atoms. The van der Waals surface area contributed by atoms with Crippen molar-refractivity contribution in [2.75, 3.05) is 5.73 Å². The van der Waals surface area contributed by atoms with Crippen LogP contribution in [0.2, 0.25) is 0 Å². The van der Waals surface area contributed by atoms with Gasteiger partial charge in [-0.25, -0.2) is 0 Å². The van der Waals surface area contributed by atoms with Gasteiger partial charge in [-0.1, -0.05) is 29.8 Å². The number of hydrogen-bond donors (Lipinski definition) is 2. The van der Waals surface area contributed by atoms with E-state index < -0.39 is 0 Å². The molecule has 0 aliphatic rings. The lowest BCUT2D eigenvalue weighted by atomic mass is 10.1. The number of carbonyl (C=O) groups excluding carboxylic acids is 1. The van der Waals surface area contributed by atoms with Crippen LogP contribution in [-0.2, 0) is 0 Å². The third kappa shape index (κ3) is 3.39. The number of carbonyl (C=O) groups is 1. The Kier molecular flexibility index (Phi) is 4.45. The van der Waals surface area contributed by atoms with E-state index in [-0.39, 0.29) is 11.9 Å². The van der Waals surface area contributed by atoms with E-state index in [0.29, 0.717) is 11.3 Å². The van der Waals surface area contributed by atoms with Crippen LogP contribution in [0, 0.1) is 6.92 Å². The fraction of sp³-hybridized carbons (Fsp3) is 0.188. The number of amides is 1. The molecule has 3 N–H and O–H groups in total. The van der Waals surface area contributed by atoms with Gasteiger partial charge in [0.05, 0.1) is 6.04 Å². The summed E-state index contributed by atoms with van der Waals surface area (Å²) in [5.41, 5.74) is 9.21. The van der Waals surface area contributed by atoms with Crippen LogP contribution in [0.3, 0.4) is 0 Å². The lowest BCUT2D eigenvalue weighted by molar-refractivity contribution is 0.0940. The van der Waals surface area contributed by atoms with Gasteiger partial charge in [0.25, 0.3) is 5.91 Å². The Morgan fingerprint density at radius 3 is 2.45 bits per heavy atom. The zero-order valence-electron chi connectivity index (χ0n) is 11.5. The Morgan fingerprint density at radius 1 is 1.20 bits per heavy atom. The van der Waals surface area contributed by atoms with E-state index in [9.17, 15) is 4.79 Å². The summed E-state index contributed by atoms with van der Waals surface area (Å²) in [5, 5.41) is 2.98. The zero-order valence-corrected chi connectivity index (χ0v) is 13.1. The number of anilines is 1. The lowest BCUT2D eigenvalue weighted by Gasteiger charge is -2.15. The summed E-state index contributed by atoms with van der Waals surface area (Å²) in [6.07, 6.45) is 0. The van der Waals surface area contributed by atoms with Crippen molar-refractivity contribution in [3.05, 3.63) is 63.6 Å². The summed E-state index contributed by atoms with van der Waals surface area (Å²) in [6.45, 7) is 4.01. The number of rotatable bonds is 3. The zero-order chi connectivity index (χ0) is 14.7. The van der Waals surface area contributed by atoms with Crippen LogP contribution in [0.4, 0.5) is 5.69 Å². The molecule has 3 nitrogen and oxygen atoms in total. The van der Waals surface area contributed by atoms with E-state index in [0.717, 1.165) is 10.0 Å². The molecule has 0 aliphatic carbocycles. The molecule has 0 radical (unpaired) electrons. The monoisotopic (exact) mass is 332 g/mol. The molecular formula is C16H17BrN2O. The molecule has 1 amide bonds. The van der Waals surface area contributed by atoms with Gasteiger partial charge in [0.1, 0.15) is 0 Å². The van der Waals surface area contributed by atoms with Crippen LogP contribution < -0.4 is 11.1 Å². The smallest absolute Gasteiger partial charge is 0.251 e. The maximum absolute atomic E-state index is 12.2. The molecule has 2 aromatic rings. The van der Waals surface area contributed by atoms with Crippen molar-refractivity contribution < 1.29 is 4.79 Å². The second kappa shape index (κ2) is 6.09. The van der Waals surface area contributed by atoms with Gasteiger partial charge in [0.2, 0.25) is 0 Å². The Balaban J connectivity index is 2.10. The second-order valence-corrected chi connectivity index (χ2v) is 5.70. The third-order valence-electron chi connectivity index (χ3n) is 3.19. The van der Waals surface area contributed by atoms with Gasteiger partial charge in [-0.3, -0.25) is 4.79 Å². The molecule has 2 rings (SSSR count). The fourth-order valence-corrected chi connectivity index (χ4v) is 2.27. The van der Waals surface area contributed by atoms with Gasteiger partial charge in [0.15, 0.2) is 0 Å². The molecular weight excluding hydrogens is 316 g/mol. The maximum atomic E-state index is 12.2. The van der Waals surface area contributed by atoms with Crippen LogP contribution in [0.25, 0.3) is 0 Å². The van der Waals surface area contributed by atoms with Crippen LogP contribution in [0.15, 0.2) is 46.9 Å². The number of hydrogen-bond acceptors (Lipinski definition) is 2. The molecule has 2 aromatic carbocycles. The first-order chi connectivity index (χ1) is 9.47. The normalized spacial score (nSPS) is 11.9. The Labute approximate surface area is 127 Å². The predicted molar refractivity (Wildman–Crippen MR) is 85.6 cm³/mol. The Bertz CT molecular complexity index is 623. The first kappa shape index (κ1) is 14.6. The fourth-order valence-electron chi connectivity index (χ4n) is 1.89. The highest BCUT2D eigenvalue weighted by molar-refractivity contribution is 9.10. The van der Waals surface area contributed by atoms with E-state index in [1.165, 1.54) is 5.56 Å². The topological polar surface area (TPSA) is 55.1 Å². The molecule has 0 unspecified atom stereocenters. The van der Waals surface area contributed by atoms with Crippen molar-refractivity contribution in [3.63, 3.8) is 0 Å². The first-order valence-corrected chi connectivity index (χ1v) is 7.19. The van der Waals surface area contributed by atoms with Gasteiger partial charge >= 0.3 is 0 Å². The molecule has 104 valence electrons. The minimum atomic E-state index is -0.112. The minimum Gasteiger partial charge on any atom is -0.398 e. The van der Waals surface area contributed by atoms with Crippen molar-refractivity contribution in [2.24, 2.45) is 0 Å². The largest absolute Gasteiger partial charge is 0.398 e. The molecule has 0 fully saturated rings. The van der Waals surface area contributed by atoms with Gasteiger partial charge < -0.3 is 11.1 Å². The summed E-state index contributed by atoms with van der Waals surface area (Å²) in [4.78, 5) is 12.2. The highest BCUT2D eigenvalue weighted by atomic mass is 79.9. The third-order valence-corrected chi connectivity index (χ3v) is 3.87. The summed E-state index contributed by atoms with van der Waals surface area (Å²) in [5.74, 6) is -0.112. The summed E-state index contributed by atoms with van der Waals surface area (Å²) in [7, 11) is 0. The van der Waals surface area contributed by atoms with E-state index in [2.05, 4.69) is 21.2 Å². The highest BCUT2D eigenvalue weighted by Crippen LogP contribution is 2.21. The van der Waals surface area contributed by atoms with E-state index in [1.54, 1.807) is 18.2 Å². The molecule has 1 atom stereocenters. The van der Waals surface area contributed by atoms with Crippen LogP contribution >= 0.6 is 15.9 Å². The number of nitrogen functional groups attached to an aromatic ring is 1. The van der Waals surface area contributed by atoms with E-state index in [4.69, 9.17) is 5.73 Å². The molecule has 0 aromatic heterocycles. The lowest BCUT2D eigenvalue weighted by Crippen LogP contribution is -2.26. The summed E-state index contributed by atoms with van der Waals surface area (Å²) >= 11 is 3.33. The molecule has 0 heterocycles. The standard InChI is InChI=1S/C16H17BrN2O/c1-10-3-5-12(6-4-10)11(2)19-16(20)13-7-8-15(18)14(17)9-13/h3-9,11H,18H2,1-2H3,(H,19,20)/t11-/m0/s1. The SMILES string of the molecule is Cc1ccc([C@H](C)NC(=O)c2ccc(N)c(Br)c2)cc1. The average molecular weight is 333 g/mol. The number of halogens is 1. The second-order valence-electron chi connectivity index (χ2n) is 4.84. The van der Waals surface area contributed by atoms with Crippen molar-refractivity contribution in [1.82, 2.24) is 5.32 Å². The molecule has 0 aliphatic heterocycles. The average Bonchev–Trinajstić information content (AvgIpc) is 2.42. The minimum absolute atomic E-state index is 0.0422. The van der Waals surface area contributed by atoms with E-state index >= 15 is 0 Å². The number of nitrogens with two attached hydrogens (primary N) is 1. The number of aryl methyl sites for hydroxylation is 1. The van der Waals surface area contributed by atoms with Gasteiger partial charge in [0, 0.05) is 15.7 Å². The molecule has 0 saturated carbocycles. The van der Waals surface area contributed by atoms with Gasteiger partial charge in [-0.2, -0.15) is 0 Å². The van der Waals surface area contributed by atoms with Crippen molar-refractivity contribution >= 4 is 27.5 Å². The Morgan fingerprint density at radius 2 is 1.85 bits per heavy atom. The first-order valence-electron chi connectivity index (χ1n) is 6.40. The van der Waals surface area contributed by atoms with Crippen molar-refractivity contribution in [3.8, 4) is 0 Å². The highest BCUT2D eigenvalue weighted by Gasteiger charge is 2.12. The molecule has 4 heteroatoms. The molecule has 0 bridgehead atoms. The van der Waals surface area contributed by atoms with Crippen LogP contribution in [0.5, 0.6) is 0 Å². The summed E-state index contributed by atoms with van der Waals surface area (Å²) < 4.78 is 0.730. The van der Waals surface area contributed by atoms with Crippen molar-refractivity contribution in [1.29, 1.82) is 0 Å². The number of benzene rings is 2. The quantitative estimate of drug-likeness (QED) is 0.839. The molecule has 0 saturated heterocycles. The predicted octanol–water partition coefficient (Wildman–Crippen LogP) is 3.83. The van der Waals surface area contributed by atoms with E-state index in [1.807, 2.05) is 38.1 Å².